The van der Waals surface area contributed by atoms with Crippen molar-refractivity contribution in [2.45, 2.75) is 6.54 Å². The monoisotopic (exact) mass is 377 g/mol. The number of hydrogen-bond donors (Lipinski definition) is 1. The van der Waals surface area contributed by atoms with E-state index in [2.05, 4.69) is 20.1 Å². The van der Waals surface area contributed by atoms with E-state index < -0.39 is 0 Å². The van der Waals surface area contributed by atoms with Crippen molar-refractivity contribution in [1.82, 2.24) is 25.0 Å². The van der Waals surface area contributed by atoms with Crippen molar-refractivity contribution in [3.63, 3.8) is 0 Å². The van der Waals surface area contributed by atoms with Gasteiger partial charge in [-0.25, -0.2) is 0 Å². The van der Waals surface area contributed by atoms with Crippen molar-refractivity contribution < 1.29 is 9.53 Å². The van der Waals surface area contributed by atoms with E-state index in [1.165, 1.54) is 5.56 Å². The summed E-state index contributed by atoms with van der Waals surface area (Å²) < 4.78 is 5.18. The highest BCUT2D eigenvalue weighted by molar-refractivity contribution is 5.93. The summed E-state index contributed by atoms with van der Waals surface area (Å²) in [4.78, 5) is 21.1. The number of nitrogens with one attached hydrogen (secondary N) is 1. The van der Waals surface area contributed by atoms with E-state index >= 15 is 0 Å². The molecule has 1 fully saturated rings. The molecule has 1 aliphatic rings. The highest BCUT2D eigenvalue weighted by Gasteiger charge is 2.23. The highest BCUT2D eigenvalue weighted by atomic mass is 16.5. The van der Waals surface area contributed by atoms with E-state index in [9.17, 15) is 4.79 Å². The molecule has 1 aromatic carbocycles. The quantitative estimate of drug-likeness (QED) is 0.739. The van der Waals surface area contributed by atoms with Crippen LogP contribution in [0.5, 0.6) is 5.75 Å². The van der Waals surface area contributed by atoms with Gasteiger partial charge in [0.2, 0.25) is 0 Å². The SMILES string of the molecule is COc1ccc(-c2cc(C(=O)N3CCN(Cc4ccncc4)CC3)[nH]n2)cc1. The molecule has 0 unspecified atom stereocenters. The fourth-order valence-electron chi connectivity index (χ4n) is 3.37. The number of pyridine rings is 1. The number of benzene rings is 1. The zero-order chi connectivity index (χ0) is 19.3. The first-order chi connectivity index (χ1) is 13.7. The summed E-state index contributed by atoms with van der Waals surface area (Å²) in [6.45, 7) is 4.01. The van der Waals surface area contributed by atoms with Crippen LogP contribution in [0.1, 0.15) is 16.1 Å². The van der Waals surface area contributed by atoms with Crippen molar-refractivity contribution >= 4 is 5.91 Å². The fraction of sp³-hybridized carbons (Fsp3) is 0.286. The zero-order valence-corrected chi connectivity index (χ0v) is 15.8. The minimum Gasteiger partial charge on any atom is -0.497 e. The Morgan fingerprint density at radius 1 is 1.07 bits per heavy atom. The number of rotatable bonds is 5. The van der Waals surface area contributed by atoms with Gasteiger partial charge in [-0.05, 0) is 48.0 Å². The molecule has 0 radical (unpaired) electrons. The Hall–Kier alpha value is -3.19. The van der Waals surface area contributed by atoms with Crippen molar-refractivity contribution in [3.05, 3.63) is 66.1 Å². The van der Waals surface area contributed by atoms with Gasteiger partial charge in [0.1, 0.15) is 11.4 Å². The largest absolute Gasteiger partial charge is 0.497 e. The molecular weight excluding hydrogens is 354 g/mol. The van der Waals surface area contributed by atoms with Crippen molar-refractivity contribution in [2.75, 3.05) is 33.3 Å². The molecule has 1 amide bonds. The lowest BCUT2D eigenvalue weighted by Gasteiger charge is -2.34. The minimum absolute atomic E-state index is 0.00387. The maximum atomic E-state index is 12.8. The van der Waals surface area contributed by atoms with Gasteiger partial charge in [0.15, 0.2) is 0 Å². The van der Waals surface area contributed by atoms with Crippen LogP contribution in [-0.2, 0) is 6.54 Å². The van der Waals surface area contributed by atoms with Gasteiger partial charge < -0.3 is 9.64 Å². The molecule has 2 aromatic heterocycles. The van der Waals surface area contributed by atoms with E-state index in [1.807, 2.05) is 59.8 Å². The third-order valence-electron chi connectivity index (χ3n) is 5.01. The van der Waals surface area contributed by atoms with Gasteiger partial charge in [0.05, 0.1) is 12.8 Å². The Kier molecular flexibility index (Phi) is 5.34. The second kappa shape index (κ2) is 8.22. The fourth-order valence-corrected chi connectivity index (χ4v) is 3.37. The number of hydrogen-bond acceptors (Lipinski definition) is 5. The topological polar surface area (TPSA) is 74.3 Å². The first kappa shape index (κ1) is 18.2. The van der Waals surface area contributed by atoms with Crippen molar-refractivity contribution in [1.29, 1.82) is 0 Å². The lowest BCUT2D eigenvalue weighted by molar-refractivity contribution is 0.0622. The Balaban J connectivity index is 1.36. The Bertz CT molecular complexity index is 915. The number of amides is 1. The third-order valence-corrected chi connectivity index (χ3v) is 5.01. The van der Waals surface area contributed by atoms with Gasteiger partial charge in [0.25, 0.3) is 5.91 Å². The van der Waals surface area contributed by atoms with Crippen LogP contribution in [0.2, 0.25) is 0 Å². The summed E-state index contributed by atoms with van der Waals surface area (Å²) in [5.74, 6) is 0.788. The molecule has 0 bridgehead atoms. The number of nitrogens with zero attached hydrogens (tertiary/aromatic N) is 4. The molecule has 3 heterocycles. The Labute approximate surface area is 164 Å². The Morgan fingerprint density at radius 3 is 2.46 bits per heavy atom. The molecule has 28 heavy (non-hydrogen) atoms. The van der Waals surface area contributed by atoms with Crippen LogP contribution in [0.4, 0.5) is 0 Å². The predicted octanol–water partition coefficient (Wildman–Crippen LogP) is 2.44. The standard InChI is InChI=1S/C21H23N5O2/c1-28-18-4-2-17(3-5-18)19-14-20(24-23-19)21(27)26-12-10-25(11-13-26)15-16-6-8-22-9-7-16/h2-9,14H,10-13,15H2,1H3,(H,23,24). The molecule has 1 aliphatic heterocycles. The van der Waals surface area contributed by atoms with Crippen LogP contribution in [-0.4, -0.2) is 64.2 Å². The number of aromatic nitrogens is 3. The van der Waals surface area contributed by atoms with Crippen LogP contribution >= 0.6 is 0 Å². The van der Waals surface area contributed by atoms with Gasteiger partial charge in [0, 0.05) is 50.7 Å². The normalized spacial score (nSPS) is 14.8. The molecule has 1 saturated heterocycles. The number of carbonyl (C=O) groups is 1. The third kappa shape index (κ3) is 4.04. The summed E-state index contributed by atoms with van der Waals surface area (Å²) in [5.41, 5.74) is 3.46. The van der Waals surface area contributed by atoms with E-state index in [4.69, 9.17) is 4.74 Å². The smallest absolute Gasteiger partial charge is 0.271 e. The summed E-state index contributed by atoms with van der Waals surface area (Å²) >= 11 is 0. The second-order valence-corrected chi connectivity index (χ2v) is 6.82. The van der Waals surface area contributed by atoms with Gasteiger partial charge in [-0.15, -0.1) is 0 Å². The van der Waals surface area contributed by atoms with Crippen molar-refractivity contribution in [2.24, 2.45) is 0 Å². The summed E-state index contributed by atoms with van der Waals surface area (Å²) in [6, 6.07) is 13.5. The average Bonchev–Trinajstić information content (AvgIpc) is 3.25. The molecule has 0 aliphatic carbocycles. The first-order valence-electron chi connectivity index (χ1n) is 9.33. The first-order valence-corrected chi connectivity index (χ1v) is 9.33. The van der Waals surface area contributed by atoms with Crippen LogP contribution in [0.15, 0.2) is 54.9 Å². The molecular formula is C21H23N5O2. The number of ether oxygens (including phenoxy) is 1. The highest BCUT2D eigenvalue weighted by Crippen LogP contribution is 2.22. The maximum Gasteiger partial charge on any atom is 0.271 e. The van der Waals surface area contributed by atoms with Crippen LogP contribution in [0, 0.1) is 0 Å². The number of aromatic amines is 1. The molecule has 7 heteroatoms. The number of H-pyrrole nitrogens is 1. The van der Waals surface area contributed by atoms with Crippen LogP contribution in [0.3, 0.4) is 0 Å². The van der Waals surface area contributed by atoms with Gasteiger partial charge in [-0.1, -0.05) is 0 Å². The number of methoxy groups -OCH3 is 1. The summed E-state index contributed by atoms with van der Waals surface area (Å²) in [7, 11) is 1.64. The predicted molar refractivity (Wildman–Crippen MR) is 106 cm³/mol. The summed E-state index contributed by atoms with van der Waals surface area (Å²) in [5, 5.41) is 7.19. The van der Waals surface area contributed by atoms with Gasteiger partial charge in [-0.2, -0.15) is 5.10 Å². The number of carbonyl (C=O) groups excluding carboxylic acids is 1. The number of piperazine rings is 1. The zero-order valence-electron chi connectivity index (χ0n) is 15.8. The molecule has 7 nitrogen and oxygen atoms in total. The Morgan fingerprint density at radius 2 is 1.79 bits per heavy atom. The lowest BCUT2D eigenvalue weighted by atomic mass is 10.1. The molecule has 1 N–H and O–H groups in total. The van der Waals surface area contributed by atoms with Gasteiger partial charge in [-0.3, -0.25) is 19.8 Å². The van der Waals surface area contributed by atoms with E-state index in [-0.39, 0.29) is 5.91 Å². The lowest BCUT2D eigenvalue weighted by Crippen LogP contribution is -2.48. The molecule has 3 aromatic rings. The minimum atomic E-state index is -0.00387. The van der Waals surface area contributed by atoms with Crippen LogP contribution in [0.25, 0.3) is 11.3 Å². The van der Waals surface area contributed by atoms with E-state index in [1.54, 1.807) is 7.11 Å². The molecule has 144 valence electrons. The molecule has 0 spiro atoms. The molecule has 0 atom stereocenters. The average molecular weight is 377 g/mol. The van der Waals surface area contributed by atoms with Crippen molar-refractivity contribution in [3.8, 4) is 17.0 Å². The van der Waals surface area contributed by atoms with Crippen LogP contribution < -0.4 is 4.74 Å². The van der Waals surface area contributed by atoms with Gasteiger partial charge >= 0.3 is 0 Å². The molecule has 0 saturated carbocycles. The summed E-state index contributed by atoms with van der Waals surface area (Å²) in [6.07, 6.45) is 3.63. The van der Waals surface area contributed by atoms with E-state index in [0.29, 0.717) is 18.8 Å². The maximum absolute atomic E-state index is 12.8. The second-order valence-electron chi connectivity index (χ2n) is 6.82. The molecule has 4 rings (SSSR count). The van der Waals surface area contributed by atoms with E-state index in [0.717, 1.165) is 36.6 Å².